The van der Waals surface area contributed by atoms with E-state index in [1.807, 2.05) is 13.8 Å². The predicted octanol–water partition coefficient (Wildman–Crippen LogP) is 5.61. The zero-order valence-electron chi connectivity index (χ0n) is 16.5. The summed E-state index contributed by atoms with van der Waals surface area (Å²) in [5.74, 6) is -1.32. The van der Waals surface area contributed by atoms with Crippen molar-refractivity contribution in [3.05, 3.63) is 29.8 Å². The van der Waals surface area contributed by atoms with Crippen LogP contribution in [0.1, 0.15) is 63.9 Å². The van der Waals surface area contributed by atoms with Crippen LogP contribution in [0.4, 0.5) is 13.2 Å². The normalized spacial score (nSPS) is 16.9. The second-order valence-corrected chi connectivity index (χ2v) is 6.95. The van der Waals surface area contributed by atoms with Crippen molar-refractivity contribution in [2.24, 2.45) is 5.92 Å². The number of carbonyl (C=O) groups excluding carboxylic acids is 1. The number of hydrogen-bond acceptors (Lipinski definition) is 4. The number of hydrogen-bond donors (Lipinski definition) is 0. The lowest BCUT2D eigenvalue weighted by Gasteiger charge is -2.29. The number of halogens is 3. The van der Waals surface area contributed by atoms with Crippen LogP contribution in [0.5, 0.6) is 5.75 Å². The molecule has 28 heavy (non-hydrogen) atoms. The van der Waals surface area contributed by atoms with Crippen LogP contribution in [0, 0.1) is 5.92 Å². The van der Waals surface area contributed by atoms with Crippen LogP contribution in [0.25, 0.3) is 0 Å². The minimum Gasteiger partial charge on any atom is -0.405 e. The van der Waals surface area contributed by atoms with Gasteiger partial charge in [0, 0.05) is 31.1 Å². The highest BCUT2D eigenvalue weighted by Gasteiger charge is 2.37. The number of Topliss-reactive ketones (excluding diaryl/α,β-unsaturated/α-hetero) is 1. The van der Waals surface area contributed by atoms with Gasteiger partial charge in [0.1, 0.15) is 11.5 Å². The first-order chi connectivity index (χ1) is 13.4. The molecular weight excluding hydrogens is 373 g/mol. The number of alkyl halides is 3. The molecule has 0 bridgehead atoms. The van der Waals surface area contributed by atoms with Gasteiger partial charge in [-0.2, -0.15) is 0 Å². The first kappa shape index (κ1) is 22.7. The first-order valence-electron chi connectivity index (χ1n) is 9.97. The minimum atomic E-state index is -4.83. The largest absolute Gasteiger partial charge is 0.573 e. The molecule has 0 heterocycles. The van der Waals surface area contributed by atoms with E-state index in [-0.39, 0.29) is 29.4 Å². The Labute approximate surface area is 164 Å². The lowest BCUT2D eigenvalue weighted by molar-refractivity contribution is -0.275. The number of carbonyl (C=O) groups is 1. The summed E-state index contributed by atoms with van der Waals surface area (Å²) in [4.78, 5) is 13.3. The first-order valence-corrected chi connectivity index (χ1v) is 9.97. The van der Waals surface area contributed by atoms with Gasteiger partial charge >= 0.3 is 6.36 Å². The van der Waals surface area contributed by atoms with Gasteiger partial charge in [-0.15, -0.1) is 13.2 Å². The summed E-state index contributed by atoms with van der Waals surface area (Å²) in [5, 5.41) is 0. The highest BCUT2D eigenvalue weighted by molar-refractivity contribution is 5.88. The van der Waals surface area contributed by atoms with Crippen molar-refractivity contribution in [2.45, 2.75) is 70.9 Å². The summed E-state index contributed by atoms with van der Waals surface area (Å²) in [6.45, 7) is 4.39. The molecule has 1 saturated carbocycles. The maximum absolute atomic E-state index is 13.3. The Morgan fingerprint density at radius 2 is 1.68 bits per heavy atom. The highest BCUT2D eigenvalue weighted by atomic mass is 19.4. The Bertz CT molecular complexity index is 606. The average molecular weight is 402 g/mol. The minimum absolute atomic E-state index is 0.0534. The summed E-state index contributed by atoms with van der Waals surface area (Å²) < 4.78 is 54.0. The second kappa shape index (κ2) is 10.8. The quantitative estimate of drug-likeness (QED) is 0.478. The van der Waals surface area contributed by atoms with Crippen molar-refractivity contribution >= 4 is 5.78 Å². The van der Waals surface area contributed by atoms with Crippen molar-refractivity contribution in [3.63, 3.8) is 0 Å². The molecule has 1 aliphatic rings. The lowest BCUT2D eigenvalue weighted by atomic mass is 9.78. The Morgan fingerprint density at radius 3 is 2.25 bits per heavy atom. The molecule has 1 aromatic carbocycles. The van der Waals surface area contributed by atoms with Gasteiger partial charge in [-0.3, -0.25) is 4.79 Å². The molecule has 7 heteroatoms. The standard InChI is InChI=1S/C21H29F3O4/c1-3-26-19(27-4-2)14-17(20(25)15-10-6-5-7-11-15)16-12-8-9-13-18(16)28-21(22,23)24/h8-9,12-13,15,17,19H,3-7,10-11,14H2,1-2H3. The van der Waals surface area contributed by atoms with Gasteiger partial charge in [0.15, 0.2) is 6.29 Å². The number of para-hydroxylation sites is 1. The Hall–Kier alpha value is -1.60. The lowest BCUT2D eigenvalue weighted by Crippen LogP contribution is -2.30. The van der Waals surface area contributed by atoms with Crippen LogP contribution in [0.2, 0.25) is 0 Å². The van der Waals surface area contributed by atoms with Gasteiger partial charge in [0.25, 0.3) is 0 Å². The topological polar surface area (TPSA) is 44.8 Å². The third-order valence-electron chi connectivity index (χ3n) is 5.00. The fourth-order valence-electron chi connectivity index (χ4n) is 3.80. The Morgan fingerprint density at radius 1 is 1.07 bits per heavy atom. The van der Waals surface area contributed by atoms with Crippen LogP contribution in [0.3, 0.4) is 0 Å². The summed E-state index contributed by atoms with van der Waals surface area (Å²) in [5.41, 5.74) is 0.236. The van der Waals surface area contributed by atoms with E-state index in [2.05, 4.69) is 4.74 Å². The molecule has 0 amide bonds. The van der Waals surface area contributed by atoms with E-state index in [4.69, 9.17) is 9.47 Å². The van der Waals surface area contributed by atoms with Crippen molar-refractivity contribution in [1.82, 2.24) is 0 Å². The molecule has 158 valence electrons. The number of rotatable bonds is 10. The Kier molecular flexibility index (Phi) is 8.76. The molecule has 2 rings (SSSR count). The molecule has 1 unspecified atom stereocenters. The summed E-state index contributed by atoms with van der Waals surface area (Å²) in [6, 6.07) is 5.87. The van der Waals surface area contributed by atoms with Gasteiger partial charge in [0.05, 0.1) is 5.92 Å². The molecule has 4 nitrogen and oxygen atoms in total. The van der Waals surface area contributed by atoms with Crippen molar-refractivity contribution in [1.29, 1.82) is 0 Å². The molecule has 0 spiro atoms. The number of ketones is 1. The Balaban J connectivity index is 2.35. The molecule has 1 aliphatic carbocycles. The van der Waals surface area contributed by atoms with E-state index >= 15 is 0 Å². The van der Waals surface area contributed by atoms with E-state index in [0.717, 1.165) is 32.1 Å². The van der Waals surface area contributed by atoms with Gasteiger partial charge in [-0.1, -0.05) is 37.5 Å². The molecule has 0 saturated heterocycles. The van der Waals surface area contributed by atoms with Crippen LogP contribution < -0.4 is 4.74 Å². The SMILES string of the molecule is CCOC(CC(C(=O)C1CCCCC1)c1ccccc1OC(F)(F)F)OCC. The molecule has 1 atom stereocenters. The van der Waals surface area contributed by atoms with Gasteiger partial charge in [-0.25, -0.2) is 0 Å². The summed E-state index contributed by atoms with van der Waals surface area (Å²) in [7, 11) is 0. The zero-order valence-corrected chi connectivity index (χ0v) is 16.5. The van der Waals surface area contributed by atoms with Crippen molar-refractivity contribution in [3.8, 4) is 5.75 Å². The van der Waals surface area contributed by atoms with Crippen LogP contribution in [-0.2, 0) is 14.3 Å². The van der Waals surface area contributed by atoms with Crippen LogP contribution in [0.15, 0.2) is 24.3 Å². The third-order valence-corrected chi connectivity index (χ3v) is 5.00. The second-order valence-electron chi connectivity index (χ2n) is 6.95. The highest BCUT2D eigenvalue weighted by Crippen LogP contribution is 2.38. The molecule has 0 radical (unpaired) electrons. The fraction of sp³-hybridized carbons (Fsp3) is 0.667. The van der Waals surface area contributed by atoms with E-state index in [1.54, 1.807) is 6.07 Å². The molecule has 0 aromatic heterocycles. The number of ether oxygens (including phenoxy) is 3. The summed E-state index contributed by atoms with van der Waals surface area (Å²) in [6.07, 6.45) is -0.775. The van der Waals surface area contributed by atoms with E-state index in [1.165, 1.54) is 18.2 Å². The van der Waals surface area contributed by atoms with E-state index in [9.17, 15) is 18.0 Å². The van der Waals surface area contributed by atoms with Crippen LogP contribution in [-0.4, -0.2) is 31.6 Å². The summed E-state index contributed by atoms with van der Waals surface area (Å²) >= 11 is 0. The predicted molar refractivity (Wildman–Crippen MR) is 99.1 cm³/mol. The molecule has 1 fully saturated rings. The van der Waals surface area contributed by atoms with E-state index in [0.29, 0.717) is 13.2 Å². The van der Waals surface area contributed by atoms with Gasteiger partial charge < -0.3 is 14.2 Å². The van der Waals surface area contributed by atoms with E-state index < -0.39 is 18.6 Å². The molecular formula is C21H29F3O4. The maximum atomic E-state index is 13.3. The third kappa shape index (κ3) is 6.78. The van der Waals surface area contributed by atoms with Crippen molar-refractivity contribution < 1.29 is 32.2 Å². The average Bonchev–Trinajstić information content (AvgIpc) is 2.66. The van der Waals surface area contributed by atoms with Gasteiger partial charge in [-0.05, 0) is 32.8 Å². The number of benzene rings is 1. The molecule has 0 N–H and O–H groups in total. The molecule has 0 aliphatic heterocycles. The zero-order chi connectivity index (χ0) is 20.6. The smallest absolute Gasteiger partial charge is 0.405 e. The van der Waals surface area contributed by atoms with Crippen LogP contribution >= 0.6 is 0 Å². The molecule has 1 aromatic rings. The van der Waals surface area contributed by atoms with Gasteiger partial charge in [0.2, 0.25) is 0 Å². The maximum Gasteiger partial charge on any atom is 0.573 e. The monoisotopic (exact) mass is 402 g/mol. The van der Waals surface area contributed by atoms with Crippen molar-refractivity contribution in [2.75, 3.05) is 13.2 Å². The fourth-order valence-corrected chi connectivity index (χ4v) is 3.80.